The normalized spacial score (nSPS) is 36.7. The highest BCUT2D eigenvalue weighted by Crippen LogP contribution is 2.59. The molecule has 0 aromatic heterocycles. The van der Waals surface area contributed by atoms with Crippen molar-refractivity contribution in [2.75, 3.05) is 6.61 Å². The van der Waals surface area contributed by atoms with Crippen LogP contribution in [0.25, 0.3) is 0 Å². The molecule has 7 atom stereocenters. The zero-order valence-electron chi connectivity index (χ0n) is 22.5. The summed E-state index contributed by atoms with van der Waals surface area (Å²) in [5, 5.41) is 10.2. The molecule has 2 saturated carbocycles. The number of rotatable bonds is 9. The van der Waals surface area contributed by atoms with Crippen LogP contribution in [0.1, 0.15) is 99.3 Å². The summed E-state index contributed by atoms with van der Waals surface area (Å²) in [5.41, 5.74) is 2.02. The van der Waals surface area contributed by atoms with Crippen LogP contribution in [0, 0.1) is 40.4 Å². The zero-order valence-corrected chi connectivity index (χ0v) is 22.5. The Morgan fingerprint density at radius 3 is 2.59 bits per heavy atom. The molecule has 0 spiro atoms. The second-order valence-corrected chi connectivity index (χ2v) is 12.4. The summed E-state index contributed by atoms with van der Waals surface area (Å²) in [6.45, 7) is 17.5. The highest BCUT2D eigenvalue weighted by Gasteiger charge is 2.55. The Bertz CT molecular complexity index is 811. The molecule has 3 aliphatic rings. The van der Waals surface area contributed by atoms with Gasteiger partial charge in [0.1, 0.15) is 5.78 Å². The molecular weight excluding hydrogens is 424 g/mol. The Labute approximate surface area is 207 Å². The van der Waals surface area contributed by atoms with Gasteiger partial charge in [0.05, 0.1) is 12.7 Å². The Morgan fingerprint density at radius 2 is 1.94 bits per heavy atom. The Hall–Kier alpha value is -1.42. The highest BCUT2D eigenvalue weighted by molar-refractivity contribution is 5.91. The van der Waals surface area contributed by atoms with Gasteiger partial charge in [0, 0.05) is 18.3 Å². The summed E-state index contributed by atoms with van der Waals surface area (Å²) in [6, 6.07) is 0. The molecule has 0 aromatic rings. The Balaban J connectivity index is 1.83. The van der Waals surface area contributed by atoms with Crippen molar-refractivity contribution >= 4 is 11.8 Å². The second-order valence-electron chi connectivity index (χ2n) is 12.4. The lowest BCUT2D eigenvalue weighted by molar-refractivity contribution is -0.143. The van der Waals surface area contributed by atoms with Crippen LogP contribution in [-0.2, 0) is 14.3 Å². The lowest BCUT2D eigenvalue weighted by Gasteiger charge is -2.48. The van der Waals surface area contributed by atoms with Crippen molar-refractivity contribution in [3.63, 3.8) is 0 Å². The molecule has 3 rings (SSSR count). The van der Waals surface area contributed by atoms with E-state index >= 15 is 0 Å². The molecule has 3 aliphatic carbocycles. The molecule has 0 amide bonds. The smallest absolute Gasteiger partial charge is 0.302 e. The van der Waals surface area contributed by atoms with Gasteiger partial charge in [0.2, 0.25) is 0 Å². The van der Waals surface area contributed by atoms with Crippen LogP contribution in [-0.4, -0.2) is 29.6 Å². The third kappa shape index (κ3) is 5.37. The number of Topliss-reactive ketones (excluding diaryl/α,β-unsaturated/α-hetero) is 1. The van der Waals surface area contributed by atoms with E-state index in [1.54, 1.807) is 0 Å². The fraction of sp³-hybridized carbons (Fsp3) is 0.800. The fourth-order valence-electron chi connectivity index (χ4n) is 7.50. The van der Waals surface area contributed by atoms with Crippen LogP contribution in [0.4, 0.5) is 0 Å². The maximum atomic E-state index is 14.0. The maximum absolute atomic E-state index is 14.0. The summed E-state index contributed by atoms with van der Waals surface area (Å²) < 4.78 is 5.43. The van der Waals surface area contributed by atoms with Crippen molar-refractivity contribution in [3.8, 4) is 0 Å². The first kappa shape index (κ1) is 27.2. The van der Waals surface area contributed by atoms with Crippen molar-refractivity contribution in [1.29, 1.82) is 0 Å². The molecule has 0 heterocycles. The van der Waals surface area contributed by atoms with Gasteiger partial charge in [-0.1, -0.05) is 51.5 Å². The van der Waals surface area contributed by atoms with E-state index in [1.807, 2.05) is 0 Å². The van der Waals surface area contributed by atoms with Gasteiger partial charge in [-0.05, 0) is 93.8 Å². The minimum Gasteiger partial charge on any atom is -0.466 e. The van der Waals surface area contributed by atoms with Crippen molar-refractivity contribution in [2.45, 2.75) is 105 Å². The molecule has 2 fully saturated rings. The lowest BCUT2D eigenvalue weighted by atomic mass is 9.56. The number of esters is 1. The van der Waals surface area contributed by atoms with Crippen LogP contribution < -0.4 is 0 Å². The molecule has 0 aliphatic heterocycles. The molecular formula is C30H48O4. The average Bonchev–Trinajstić information content (AvgIpc) is 3.10. The Morgan fingerprint density at radius 1 is 1.24 bits per heavy atom. The van der Waals surface area contributed by atoms with E-state index in [0.717, 1.165) is 50.5 Å². The van der Waals surface area contributed by atoms with Crippen LogP contribution in [0.15, 0.2) is 23.8 Å². The van der Waals surface area contributed by atoms with Gasteiger partial charge < -0.3 is 9.84 Å². The SMILES string of the molecule is C=C(CC[C@@H](C)C1CCC([C@@H]2CC=C3C[C@@H](O)CC[C@]3(C)C2=O)[C@]1(C)CCOC(C)=O)C(C)C. The molecule has 2 unspecified atom stereocenters. The first-order valence-electron chi connectivity index (χ1n) is 13.6. The summed E-state index contributed by atoms with van der Waals surface area (Å²) in [5.74, 6) is 2.04. The second kappa shape index (κ2) is 10.7. The molecule has 1 N–H and O–H groups in total. The standard InChI is InChI=1S/C30H48O4/c1-19(2)20(3)8-9-21(4)26-12-13-27(30(26,7)16-17-34-22(5)31)25-11-10-23-18-24(32)14-15-29(23,6)28(25)33/h10,19,21,24-27,32H,3,8-9,11-18H2,1-2,4-7H3/t21-,24+,25+,26?,27?,29+,30-/m1/s1. The maximum Gasteiger partial charge on any atom is 0.302 e. The molecule has 192 valence electrons. The zero-order chi connectivity index (χ0) is 25.3. The van der Waals surface area contributed by atoms with Crippen molar-refractivity contribution < 1.29 is 19.4 Å². The molecule has 0 saturated heterocycles. The topological polar surface area (TPSA) is 63.6 Å². The van der Waals surface area contributed by atoms with Gasteiger partial charge in [-0.15, -0.1) is 0 Å². The predicted octanol–water partition coefficient (Wildman–Crippen LogP) is 6.67. The molecule has 34 heavy (non-hydrogen) atoms. The number of aliphatic hydroxyl groups is 1. The number of carbonyl (C=O) groups excluding carboxylic acids is 2. The summed E-state index contributed by atoms with van der Waals surface area (Å²) in [4.78, 5) is 25.5. The third-order valence-corrected chi connectivity index (χ3v) is 9.98. The van der Waals surface area contributed by atoms with E-state index < -0.39 is 5.41 Å². The van der Waals surface area contributed by atoms with Crippen LogP contribution in [0.5, 0.6) is 0 Å². The number of ether oxygens (including phenoxy) is 1. The van der Waals surface area contributed by atoms with E-state index in [0.29, 0.717) is 48.9 Å². The minimum atomic E-state index is -0.419. The van der Waals surface area contributed by atoms with E-state index in [-0.39, 0.29) is 23.4 Å². The monoisotopic (exact) mass is 472 g/mol. The number of carbonyl (C=O) groups is 2. The fourth-order valence-corrected chi connectivity index (χ4v) is 7.50. The average molecular weight is 473 g/mol. The number of fused-ring (bicyclic) bond motifs is 1. The van der Waals surface area contributed by atoms with Gasteiger partial charge in [0.25, 0.3) is 0 Å². The summed E-state index contributed by atoms with van der Waals surface area (Å²) in [7, 11) is 0. The number of ketones is 1. The lowest BCUT2D eigenvalue weighted by Crippen LogP contribution is -2.47. The summed E-state index contributed by atoms with van der Waals surface area (Å²) >= 11 is 0. The van der Waals surface area contributed by atoms with Crippen molar-refractivity contribution in [2.24, 2.45) is 40.4 Å². The van der Waals surface area contributed by atoms with Gasteiger partial charge >= 0.3 is 5.97 Å². The van der Waals surface area contributed by atoms with E-state index in [4.69, 9.17) is 4.74 Å². The number of aliphatic hydroxyl groups excluding tert-OH is 1. The number of hydrogen-bond acceptors (Lipinski definition) is 4. The van der Waals surface area contributed by atoms with Gasteiger partial charge in [-0.3, -0.25) is 9.59 Å². The van der Waals surface area contributed by atoms with Crippen LogP contribution in [0.3, 0.4) is 0 Å². The minimum absolute atomic E-state index is 0.0224. The van der Waals surface area contributed by atoms with Gasteiger partial charge in [0.15, 0.2) is 0 Å². The molecule has 4 nitrogen and oxygen atoms in total. The first-order valence-corrected chi connectivity index (χ1v) is 13.6. The summed E-state index contributed by atoms with van der Waals surface area (Å²) in [6.07, 6.45) is 10.0. The van der Waals surface area contributed by atoms with E-state index in [9.17, 15) is 14.7 Å². The van der Waals surface area contributed by atoms with Crippen LogP contribution in [0.2, 0.25) is 0 Å². The predicted molar refractivity (Wildman–Crippen MR) is 137 cm³/mol. The largest absolute Gasteiger partial charge is 0.466 e. The molecule has 0 radical (unpaired) electrons. The molecule has 0 aromatic carbocycles. The molecule has 4 heteroatoms. The first-order chi connectivity index (χ1) is 15.9. The number of hydrogen-bond donors (Lipinski definition) is 1. The number of allylic oxidation sites excluding steroid dienone is 2. The van der Waals surface area contributed by atoms with Gasteiger partial charge in [-0.25, -0.2) is 0 Å². The quantitative estimate of drug-likeness (QED) is 0.301. The van der Waals surface area contributed by atoms with Crippen molar-refractivity contribution in [3.05, 3.63) is 23.8 Å². The highest BCUT2D eigenvalue weighted by atomic mass is 16.5. The van der Waals surface area contributed by atoms with Crippen molar-refractivity contribution in [1.82, 2.24) is 0 Å². The van der Waals surface area contributed by atoms with Crippen LogP contribution >= 0.6 is 0 Å². The molecule has 0 bridgehead atoms. The third-order valence-electron chi connectivity index (χ3n) is 9.98. The van der Waals surface area contributed by atoms with Gasteiger partial charge in [-0.2, -0.15) is 0 Å². The van der Waals surface area contributed by atoms with E-state index in [2.05, 4.69) is 47.3 Å². The van der Waals surface area contributed by atoms with E-state index in [1.165, 1.54) is 12.5 Å². The Kier molecular flexibility index (Phi) is 8.54.